The Morgan fingerprint density at radius 3 is 2.06 bits per heavy atom. The number of hydrogen-bond acceptors (Lipinski definition) is 18. The Balaban J connectivity index is 0.000000542. The van der Waals surface area contributed by atoms with Gasteiger partial charge in [0.1, 0.15) is 0 Å². The molecule has 2 unspecified atom stereocenters. The Kier molecular flexibility index (Phi) is 29.6. The Bertz CT molecular complexity index is 2860. The van der Waals surface area contributed by atoms with Crippen molar-refractivity contribution in [2.75, 3.05) is 58.3 Å². The lowest BCUT2D eigenvalue weighted by atomic mass is 9.40. The minimum absolute atomic E-state index is 0. The van der Waals surface area contributed by atoms with Crippen molar-refractivity contribution in [3.8, 4) is 0 Å². The first kappa shape index (κ1) is 73.0. The van der Waals surface area contributed by atoms with E-state index in [2.05, 4.69) is 139 Å². The minimum atomic E-state index is -2.06. The Labute approximate surface area is 503 Å². The molecule has 2 aromatic heterocycles. The molecule has 0 aliphatic carbocycles. The van der Waals surface area contributed by atoms with Gasteiger partial charge in [-0.25, -0.2) is 9.59 Å². The summed E-state index contributed by atoms with van der Waals surface area (Å²) in [5.41, 5.74) is 14.6. The van der Waals surface area contributed by atoms with Gasteiger partial charge in [0.25, 0.3) is 0 Å². The number of allylic oxidation sites excluding steroid dienone is 4. The Morgan fingerprint density at radius 2 is 1.46 bits per heavy atom. The zero-order valence-corrected chi connectivity index (χ0v) is 52.5. The molecule has 1 aliphatic heterocycles. The first-order valence-electron chi connectivity index (χ1n) is 27.6. The molecule has 3 heterocycles. The van der Waals surface area contributed by atoms with Crippen LogP contribution in [0.4, 0.5) is 56.1 Å². The van der Waals surface area contributed by atoms with E-state index >= 15 is 0 Å². The van der Waals surface area contributed by atoms with Crippen molar-refractivity contribution in [1.29, 1.82) is 0 Å². The number of ether oxygens (including phenoxy) is 2. The van der Waals surface area contributed by atoms with E-state index in [-0.39, 0.29) is 91.1 Å². The summed E-state index contributed by atoms with van der Waals surface area (Å²) in [5, 5.41) is 30.7. The number of nitrogens with one attached hydrogen (secondary N) is 2. The predicted octanol–water partition coefficient (Wildman–Crippen LogP) is 11.9. The molecular formula is C57H88B3N12O10Si2. The molecule has 2 atom stereocenters. The third-order valence-electron chi connectivity index (χ3n) is 14.2. The highest BCUT2D eigenvalue weighted by atomic mass is 28.4. The Morgan fingerprint density at radius 1 is 0.869 bits per heavy atom. The number of aromatic nitrogens is 4. The minimum Gasteiger partial charge on any atom is -0.449 e. The van der Waals surface area contributed by atoms with E-state index in [1.807, 2.05) is 48.5 Å². The van der Waals surface area contributed by atoms with Crippen molar-refractivity contribution < 1.29 is 37.8 Å². The largest absolute Gasteiger partial charge is 0.449 e. The smallest absolute Gasteiger partial charge is 0.415 e. The van der Waals surface area contributed by atoms with E-state index in [1.165, 1.54) is 0 Å². The van der Waals surface area contributed by atoms with Crippen LogP contribution in [0.15, 0.2) is 86.0 Å². The maximum absolute atomic E-state index is 13.1. The van der Waals surface area contributed by atoms with Gasteiger partial charge in [-0.05, 0) is 111 Å². The number of nitrogens with zero attached hydrogens (tertiary/aromatic N) is 8. The molecule has 84 heavy (non-hydrogen) atoms. The van der Waals surface area contributed by atoms with Gasteiger partial charge < -0.3 is 40.4 Å². The number of carbonyl (C=O) groups excluding carboxylic acids is 2. The maximum Gasteiger partial charge on any atom is 0.415 e. The SMILES string of the molecule is C.C=CCCC(CO[Si](C)(C)C(C)(C)C)Nc1nc(N)c([N+](=O)[O-])c(N(Cc2cccc(CC=C)c2)C(=O)OCC)n1.CCOC(=O)N1Cc2cccc(c2)C/C=C/CCC(CO[Si](C)(C)C(C)(C)C)Nc2nc(N)c([N+](=O)[O-])c1n2.[B][B][B]. The standard InChI is InChI=1S/C29H44N6O5Si.C27H40N6O5Si.CH4.B3/c1-9-12-17-23(20-40-41(7,8)29(4,5)6)31-27-32-25(30)24(35(37)38)26(33-27)34(28(36)39-11-3)19-22-16-13-15-21(18-22)14-10-2;1-7-37-26(34)32-17-20-14-11-13-19(16-20)12-9-8-10-15-21(18-38-39(5,6)27(2,3)4)29-25-30-23(28)22(33(35)36)24(32)31-25;;1-3-2/h9-10,13,15-16,18,23H,1-2,11-12,14,17,19-20H2,3-8H3,(H3,30,31,32,33);8-9,11,13-14,16,21H,7,10,12,15,17-18H2,1-6H3,(H3,28,29,30,31);1H4;/b;9-8+;;. The monoisotopic (exact) mass is 1190 g/mol. The molecule has 2 amide bonds. The number of hydrogen-bond donors (Lipinski definition) is 4. The molecule has 27 heteroatoms. The van der Waals surface area contributed by atoms with Gasteiger partial charge in [0.2, 0.25) is 35.2 Å². The molecule has 5 radical (unpaired) electrons. The molecule has 6 N–H and O–H groups in total. The molecular weight excluding hydrogens is 1100 g/mol. The van der Waals surface area contributed by atoms with E-state index in [4.69, 9.17) is 29.8 Å². The second kappa shape index (κ2) is 34.0. The number of nitrogens with two attached hydrogens (primary N) is 2. The van der Waals surface area contributed by atoms with Gasteiger partial charge in [0.05, 0.1) is 61.4 Å². The summed E-state index contributed by atoms with van der Waals surface area (Å²) in [7, 11) is 5.89. The van der Waals surface area contributed by atoms with E-state index in [0.717, 1.165) is 45.5 Å². The maximum atomic E-state index is 13.1. The normalized spacial score (nSPS) is 14.2. The van der Waals surface area contributed by atoms with Gasteiger partial charge in [0.15, 0.2) is 16.6 Å². The van der Waals surface area contributed by atoms with Crippen LogP contribution in [0.1, 0.15) is 111 Å². The van der Waals surface area contributed by atoms with Crippen molar-refractivity contribution in [1.82, 2.24) is 19.9 Å². The number of fused-ring (bicyclic) bond motifs is 4. The third-order valence-corrected chi connectivity index (χ3v) is 23.2. The molecule has 0 spiro atoms. The van der Waals surface area contributed by atoms with E-state index in [1.54, 1.807) is 26.0 Å². The lowest BCUT2D eigenvalue weighted by molar-refractivity contribution is -0.383. The zero-order valence-electron chi connectivity index (χ0n) is 50.5. The summed E-state index contributed by atoms with van der Waals surface area (Å²) in [6.45, 7) is 33.5. The molecule has 5 rings (SSSR count). The first-order chi connectivity index (χ1) is 39.0. The molecule has 2 aromatic carbocycles. The fraction of sp³-hybridized carbons (Fsp3) is 0.509. The highest BCUT2D eigenvalue weighted by molar-refractivity contribution is 7.17. The highest BCUT2D eigenvalue weighted by Gasteiger charge is 2.40. The van der Waals surface area contributed by atoms with E-state index in [9.17, 15) is 29.8 Å². The van der Waals surface area contributed by atoms with Crippen LogP contribution in [0.3, 0.4) is 0 Å². The molecule has 22 nitrogen and oxygen atoms in total. The third kappa shape index (κ3) is 22.2. The van der Waals surface area contributed by atoms with Crippen LogP contribution in [-0.2, 0) is 44.3 Å². The van der Waals surface area contributed by atoms with Crippen LogP contribution in [-0.4, -0.2) is 120 Å². The van der Waals surface area contributed by atoms with Gasteiger partial charge in [-0.1, -0.05) is 122 Å². The molecule has 1 aliphatic rings. The summed E-state index contributed by atoms with van der Waals surface area (Å²) in [6, 6.07) is 14.8. The van der Waals surface area contributed by atoms with Crippen molar-refractivity contribution in [3.63, 3.8) is 0 Å². The van der Waals surface area contributed by atoms with Gasteiger partial charge in [0, 0.05) is 22.5 Å². The molecule has 0 saturated heterocycles. The number of carbonyl (C=O) groups is 2. The summed E-state index contributed by atoms with van der Waals surface area (Å²) in [4.78, 5) is 68.6. The fourth-order valence-electron chi connectivity index (χ4n) is 7.64. The van der Waals surface area contributed by atoms with E-state index in [0.29, 0.717) is 45.3 Å². The van der Waals surface area contributed by atoms with Crippen molar-refractivity contribution >= 4 is 97.9 Å². The number of amides is 2. The number of nitrogen functional groups attached to an aromatic ring is 2. The first-order valence-corrected chi connectivity index (χ1v) is 33.4. The van der Waals surface area contributed by atoms with Gasteiger partial charge >= 0.3 is 23.6 Å². The summed E-state index contributed by atoms with van der Waals surface area (Å²) in [6.07, 6.45) is 10.5. The summed E-state index contributed by atoms with van der Waals surface area (Å²) < 4.78 is 23.4. The predicted molar refractivity (Wildman–Crippen MR) is 346 cm³/mol. The van der Waals surface area contributed by atoms with Gasteiger partial charge in [-0.15, -0.1) is 13.2 Å². The van der Waals surface area contributed by atoms with Crippen molar-refractivity contribution in [3.05, 3.63) is 128 Å². The van der Waals surface area contributed by atoms with Crippen molar-refractivity contribution in [2.24, 2.45) is 0 Å². The number of benzene rings is 2. The summed E-state index contributed by atoms with van der Waals surface area (Å²) >= 11 is 0. The topological polar surface area (TPSA) is 291 Å². The van der Waals surface area contributed by atoms with Crippen LogP contribution in [0.25, 0.3) is 0 Å². The average molecular weight is 1190 g/mol. The quantitative estimate of drug-likeness (QED) is 0.0277. The lowest BCUT2D eigenvalue weighted by Gasteiger charge is -2.37. The molecule has 0 saturated carbocycles. The Hall–Kier alpha value is -7.09. The van der Waals surface area contributed by atoms with Gasteiger partial charge in [-0.3, -0.25) is 30.0 Å². The molecule has 453 valence electrons. The van der Waals surface area contributed by atoms with Crippen LogP contribution in [0.5, 0.6) is 0 Å². The zero-order chi connectivity index (χ0) is 62.3. The molecule has 0 fully saturated rings. The highest BCUT2D eigenvalue weighted by Crippen LogP contribution is 2.39. The second-order valence-electron chi connectivity index (χ2n) is 22.6. The van der Waals surface area contributed by atoms with Gasteiger partial charge in [-0.2, -0.15) is 19.9 Å². The average Bonchev–Trinajstić information content (AvgIpc) is 3.57. The summed E-state index contributed by atoms with van der Waals surface area (Å²) in [5.74, 6) is -1.07. The van der Waals surface area contributed by atoms with Crippen LogP contribution >= 0.6 is 0 Å². The van der Waals surface area contributed by atoms with Crippen LogP contribution in [0.2, 0.25) is 36.3 Å². The fourth-order valence-corrected chi connectivity index (χ4v) is 9.74. The van der Waals surface area contributed by atoms with Crippen LogP contribution < -0.4 is 31.9 Å². The van der Waals surface area contributed by atoms with E-state index < -0.39 is 50.0 Å². The van der Waals surface area contributed by atoms with Crippen molar-refractivity contribution in [2.45, 2.75) is 163 Å². The molecule has 4 aromatic rings. The molecule has 4 bridgehead atoms. The number of nitro groups is 2. The lowest BCUT2D eigenvalue weighted by Crippen LogP contribution is -2.43. The van der Waals surface area contributed by atoms with Crippen LogP contribution in [0, 0.1) is 20.2 Å². The number of anilines is 6. The number of rotatable bonds is 20. The second-order valence-corrected chi connectivity index (χ2v) is 32.2.